The highest BCUT2D eigenvalue weighted by Crippen LogP contribution is 2.34. The summed E-state index contributed by atoms with van der Waals surface area (Å²) in [6.45, 7) is 5.06. The summed E-state index contributed by atoms with van der Waals surface area (Å²) < 4.78 is 7.24. The van der Waals surface area contributed by atoms with Gasteiger partial charge in [0.15, 0.2) is 0 Å². The Bertz CT molecular complexity index is 1010. The van der Waals surface area contributed by atoms with E-state index in [1.807, 2.05) is 46.9 Å². The molecule has 4 rings (SSSR count). The number of fused-ring (bicyclic) bond motifs is 1. The molecule has 158 valence electrons. The highest BCUT2D eigenvalue weighted by molar-refractivity contribution is 8.18. The lowest BCUT2D eigenvalue weighted by Crippen LogP contribution is -2.42. The number of rotatable bonds is 6. The second-order valence-electron chi connectivity index (χ2n) is 7.41. The van der Waals surface area contributed by atoms with Crippen LogP contribution < -0.4 is 0 Å². The summed E-state index contributed by atoms with van der Waals surface area (Å²) in [5, 5.41) is 0.735. The quantitative estimate of drug-likeness (QED) is 0.662. The smallest absolute Gasteiger partial charge is 0.293 e. The maximum absolute atomic E-state index is 12.7. The average Bonchev–Trinajstić information content (AvgIpc) is 3.24. The summed E-state index contributed by atoms with van der Waals surface area (Å²) in [5.41, 5.74) is 1.76. The van der Waals surface area contributed by atoms with Gasteiger partial charge in [0.25, 0.3) is 11.1 Å². The first kappa shape index (κ1) is 20.7. The number of hydrogen-bond acceptors (Lipinski definition) is 5. The minimum Gasteiger partial charge on any atom is -0.378 e. The number of carbonyl (C=O) groups is 3. The molecule has 1 aromatic carbocycles. The first-order chi connectivity index (χ1) is 14.6. The molecule has 0 radical (unpaired) electrons. The fraction of sp³-hybridized carbons (Fsp3) is 0.409. The Morgan fingerprint density at radius 3 is 2.73 bits per heavy atom. The Morgan fingerprint density at radius 2 is 1.97 bits per heavy atom. The van der Waals surface area contributed by atoms with Gasteiger partial charge in [-0.15, -0.1) is 0 Å². The van der Waals surface area contributed by atoms with Crippen LogP contribution in [0.2, 0.25) is 0 Å². The molecule has 2 aliphatic heterocycles. The van der Waals surface area contributed by atoms with Crippen LogP contribution in [0.1, 0.15) is 25.3 Å². The molecule has 3 amide bonds. The molecule has 8 heteroatoms. The predicted octanol–water partition coefficient (Wildman–Crippen LogP) is 3.34. The van der Waals surface area contributed by atoms with Crippen LogP contribution in [0.25, 0.3) is 17.0 Å². The van der Waals surface area contributed by atoms with Gasteiger partial charge < -0.3 is 14.2 Å². The van der Waals surface area contributed by atoms with E-state index in [4.69, 9.17) is 4.74 Å². The van der Waals surface area contributed by atoms with Crippen molar-refractivity contribution in [3.8, 4) is 0 Å². The number of morpholine rings is 1. The van der Waals surface area contributed by atoms with E-state index in [9.17, 15) is 14.4 Å². The molecule has 2 fully saturated rings. The van der Waals surface area contributed by atoms with Gasteiger partial charge in [-0.1, -0.05) is 31.5 Å². The fourth-order valence-electron chi connectivity index (χ4n) is 3.73. The Hall–Kier alpha value is -2.58. The van der Waals surface area contributed by atoms with Gasteiger partial charge in [0.2, 0.25) is 5.91 Å². The predicted molar refractivity (Wildman–Crippen MR) is 117 cm³/mol. The highest BCUT2D eigenvalue weighted by atomic mass is 32.2. The number of unbranched alkanes of at least 4 members (excludes halogenated alkanes) is 1. The van der Waals surface area contributed by atoms with E-state index in [2.05, 4.69) is 0 Å². The van der Waals surface area contributed by atoms with Crippen LogP contribution in [0.15, 0.2) is 35.4 Å². The number of carbonyl (C=O) groups excluding carboxylic acids is 3. The zero-order chi connectivity index (χ0) is 21.1. The van der Waals surface area contributed by atoms with Gasteiger partial charge in [0.05, 0.1) is 18.1 Å². The summed E-state index contributed by atoms with van der Waals surface area (Å²) in [6, 6.07) is 7.80. The summed E-state index contributed by atoms with van der Waals surface area (Å²) in [4.78, 5) is 41.2. The molecule has 0 spiro atoms. The van der Waals surface area contributed by atoms with E-state index in [1.165, 1.54) is 4.90 Å². The van der Waals surface area contributed by atoms with Gasteiger partial charge in [0, 0.05) is 42.3 Å². The van der Waals surface area contributed by atoms with Crippen molar-refractivity contribution < 1.29 is 19.1 Å². The number of nitrogens with zero attached hydrogens (tertiary/aromatic N) is 3. The zero-order valence-corrected chi connectivity index (χ0v) is 17.8. The molecule has 3 heterocycles. The van der Waals surface area contributed by atoms with E-state index in [-0.39, 0.29) is 23.6 Å². The maximum Gasteiger partial charge on any atom is 0.293 e. The Labute approximate surface area is 179 Å². The lowest BCUT2D eigenvalue weighted by atomic mass is 10.1. The van der Waals surface area contributed by atoms with E-state index >= 15 is 0 Å². The Kier molecular flexibility index (Phi) is 6.24. The molecule has 0 bridgehead atoms. The second-order valence-corrected chi connectivity index (χ2v) is 8.40. The van der Waals surface area contributed by atoms with Crippen LogP contribution in [0, 0.1) is 0 Å². The summed E-state index contributed by atoms with van der Waals surface area (Å²) in [7, 11) is 0. The van der Waals surface area contributed by atoms with Gasteiger partial charge >= 0.3 is 0 Å². The van der Waals surface area contributed by atoms with Gasteiger partial charge in [-0.25, -0.2) is 0 Å². The number of thioether (sulfide) groups is 1. The minimum absolute atomic E-state index is 0.0468. The van der Waals surface area contributed by atoms with Crippen molar-refractivity contribution in [1.82, 2.24) is 14.4 Å². The summed E-state index contributed by atoms with van der Waals surface area (Å²) in [5.74, 6) is -0.190. The number of ether oxygens (including phenoxy) is 1. The number of aromatic nitrogens is 1. The van der Waals surface area contributed by atoms with E-state index in [1.54, 1.807) is 6.08 Å². The number of hydrogen-bond donors (Lipinski definition) is 0. The molecule has 0 aliphatic carbocycles. The standard InChI is InChI=1S/C22H25N3O4S/c1-2-3-8-25-21(27)19(30-22(25)28)13-16-14-24(18-7-5-4-6-17(16)18)15-20(26)23-9-11-29-12-10-23/h4-7,13-14H,2-3,8-12,15H2,1H3/b19-13-. The minimum atomic E-state index is -0.236. The van der Waals surface area contributed by atoms with Crippen LogP contribution in [0.3, 0.4) is 0 Å². The zero-order valence-electron chi connectivity index (χ0n) is 17.0. The van der Waals surface area contributed by atoms with Gasteiger partial charge in [-0.05, 0) is 30.3 Å². The molecule has 2 saturated heterocycles. The molecule has 2 aromatic rings. The van der Waals surface area contributed by atoms with Crippen LogP contribution in [0.5, 0.6) is 0 Å². The fourth-order valence-corrected chi connectivity index (χ4v) is 4.59. The van der Waals surface area contributed by atoms with E-state index in [0.717, 1.165) is 41.1 Å². The van der Waals surface area contributed by atoms with E-state index in [0.29, 0.717) is 37.8 Å². The molecule has 30 heavy (non-hydrogen) atoms. The van der Waals surface area contributed by atoms with Crippen LogP contribution in [-0.4, -0.2) is 64.3 Å². The number of imide groups is 1. The molecular weight excluding hydrogens is 402 g/mol. The van der Waals surface area contributed by atoms with Crippen LogP contribution in [-0.2, 0) is 20.9 Å². The van der Waals surface area contributed by atoms with Crippen molar-refractivity contribution in [1.29, 1.82) is 0 Å². The van der Waals surface area contributed by atoms with Crippen molar-refractivity contribution in [3.05, 3.63) is 40.9 Å². The van der Waals surface area contributed by atoms with Crippen LogP contribution in [0.4, 0.5) is 4.79 Å². The molecule has 0 unspecified atom stereocenters. The van der Waals surface area contributed by atoms with Crippen LogP contribution >= 0.6 is 11.8 Å². The monoisotopic (exact) mass is 427 g/mol. The van der Waals surface area contributed by atoms with Crippen molar-refractivity contribution in [2.45, 2.75) is 26.3 Å². The molecular formula is C22H25N3O4S. The summed E-state index contributed by atoms with van der Waals surface area (Å²) >= 11 is 0.982. The SMILES string of the molecule is CCCCN1C(=O)S/C(=C\c2cn(CC(=O)N3CCOCC3)c3ccccc23)C1=O. The van der Waals surface area contributed by atoms with Crippen molar-refractivity contribution in [2.24, 2.45) is 0 Å². The topological polar surface area (TPSA) is 71.8 Å². The normalized spacial score (nSPS) is 18.8. The Balaban J connectivity index is 1.61. The first-order valence-corrected chi connectivity index (χ1v) is 11.1. The average molecular weight is 428 g/mol. The van der Waals surface area contributed by atoms with E-state index < -0.39 is 0 Å². The van der Waals surface area contributed by atoms with Gasteiger partial charge in [-0.3, -0.25) is 19.3 Å². The third-order valence-corrected chi connectivity index (χ3v) is 6.29. The maximum atomic E-state index is 12.7. The molecule has 2 aliphatic rings. The van der Waals surface area contributed by atoms with Crippen molar-refractivity contribution in [3.63, 3.8) is 0 Å². The molecule has 0 atom stereocenters. The lowest BCUT2D eigenvalue weighted by Gasteiger charge is -2.27. The Morgan fingerprint density at radius 1 is 1.20 bits per heavy atom. The van der Waals surface area contributed by atoms with Crippen molar-refractivity contribution >= 4 is 45.8 Å². The third kappa shape index (κ3) is 4.15. The molecule has 7 nitrogen and oxygen atoms in total. The molecule has 1 aromatic heterocycles. The third-order valence-electron chi connectivity index (χ3n) is 5.38. The number of amides is 3. The largest absolute Gasteiger partial charge is 0.378 e. The first-order valence-electron chi connectivity index (χ1n) is 10.3. The lowest BCUT2D eigenvalue weighted by molar-refractivity contribution is -0.135. The van der Waals surface area contributed by atoms with Crippen molar-refractivity contribution in [2.75, 3.05) is 32.8 Å². The molecule has 0 N–H and O–H groups in total. The summed E-state index contributed by atoms with van der Waals surface area (Å²) in [6.07, 6.45) is 5.39. The number of para-hydroxylation sites is 1. The highest BCUT2D eigenvalue weighted by Gasteiger charge is 2.34. The number of benzene rings is 1. The molecule has 0 saturated carbocycles. The van der Waals surface area contributed by atoms with Gasteiger partial charge in [0.1, 0.15) is 6.54 Å². The second kappa shape index (κ2) is 9.06. The van der Waals surface area contributed by atoms with Gasteiger partial charge in [-0.2, -0.15) is 0 Å².